The van der Waals surface area contributed by atoms with Gasteiger partial charge in [-0.25, -0.2) is 8.78 Å². The molecule has 5 heteroatoms. The molecule has 0 aliphatic carbocycles. The van der Waals surface area contributed by atoms with E-state index in [-0.39, 0.29) is 5.69 Å². The average Bonchev–Trinajstić information content (AvgIpc) is 2.29. The molecule has 0 N–H and O–H groups in total. The Morgan fingerprint density at radius 1 is 1.46 bits per heavy atom. The predicted molar refractivity (Wildman–Crippen MR) is 49.9 cm³/mol. The van der Waals surface area contributed by atoms with Crippen LogP contribution in [0.2, 0.25) is 0 Å². The van der Waals surface area contributed by atoms with Crippen LogP contribution >= 0.6 is 15.9 Å². The van der Waals surface area contributed by atoms with Crippen molar-refractivity contribution >= 4 is 15.9 Å². The van der Waals surface area contributed by atoms with E-state index in [1.54, 1.807) is 0 Å². The summed E-state index contributed by atoms with van der Waals surface area (Å²) < 4.78 is 26.8. The lowest BCUT2D eigenvalue weighted by molar-refractivity contribution is 0.130. The van der Waals surface area contributed by atoms with Crippen molar-refractivity contribution < 1.29 is 8.78 Å². The molecule has 0 saturated heterocycles. The third-order valence-electron chi connectivity index (χ3n) is 1.57. The highest BCUT2D eigenvalue weighted by atomic mass is 79.9. The first-order valence-electron chi connectivity index (χ1n) is 3.86. The van der Waals surface area contributed by atoms with Crippen LogP contribution in [0, 0.1) is 0 Å². The number of hydrogen-bond acceptors (Lipinski definition) is 1. The van der Waals surface area contributed by atoms with Gasteiger partial charge < -0.3 is 0 Å². The molecule has 0 fully saturated rings. The lowest BCUT2D eigenvalue weighted by atomic mass is 10.1. The van der Waals surface area contributed by atoms with E-state index in [4.69, 9.17) is 0 Å². The molecule has 2 nitrogen and oxygen atoms in total. The SMILES string of the molecule is CC(C)(C)n1nc(Br)cc1C(F)F. The smallest absolute Gasteiger partial charge is 0.257 e. The van der Waals surface area contributed by atoms with Crippen LogP contribution in [0.4, 0.5) is 8.78 Å². The highest BCUT2D eigenvalue weighted by Gasteiger charge is 2.23. The van der Waals surface area contributed by atoms with E-state index in [0.717, 1.165) is 0 Å². The fraction of sp³-hybridized carbons (Fsp3) is 0.625. The zero-order valence-corrected chi connectivity index (χ0v) is 9.27. The van der Waals surface area contributed by atoms with Gasteiger partial charge in [-0.3, -0.25) is 4.68 Å². The monoisotopic (exact) mass is 252 g/mol. The third kappa shape index (κ3) is 2.27. The van der Waals surface area contributed by atoms with Crippen molar-refractivity contribution in [1.29, 1.82) is 0 Å². The van der Waals surface area contributed by atoms with Gasteiger partial charge in [-0.15, -0.1) is 0 Å². The van der Waals surface area contributed by atoms with Crippen LogP contribution in [0.1, 0.15) is 32.9 Å². The van der Waals surface area contributed by atoms with Crippen molar-refractivity contribution in [3.8, 4) is 0 Å². The van der Waals surface area contributed by atoms with Gasteiger partial charge in [-0.2, -0.15) is 5.10 Å². The summed E-state index contributed by atoms with van der Waals surface area (Å²) in [5.74, 6) is 0. The minimum Gasteiger partial charge on any atom is -0.257 e. The molecule has 13 heavy (non-hydrogen) atoms. The molecule has 1 heterocycles. The quantitative estimate of drug-likeness (QED) is 0.750. The van der Waals surface area contributed by atoms with Crippen LogP contribution in [-0.4, -0.2) is 9.78 Å². The highest BCUT2D eigenvalue weighted by Crippen LogP contribution is 2.27. The van der Waals surface area contributed by atoms with Crippen molar-refractivity contribution in [2.75, 3.05) is 0 Å². The van der Waals surface area contributed by atoms with E-state index < -0.39 is 12.0 Å². The lowest BCUT2D eigenvalue weighted by Crippen LogP contribution is -2.25. The second-order valence-electron chi connectivity index (χ2n) is 3.78. The van der Waals surface area contributed by atoms with Crippen LogP contribution in [0.5, 0.6) is 0 Å². The summed E-state index contributed by atoms with van der Waals surface area (Å²) in [4.78, 5) is 0. The molecule has 0 unspecified atom stereocenters. The van der Waals surface area contributed by atoms with Gasteiger partial charge in [0.2, 0.25) is 0 Å². The van der Waals surface area contributed by atoms with Gasteiger partial charge in [0.15, 0.2) is 0 Å². The molecule has 1 aromatic rings. The fourth-order valence-corrected chi connectivity index (χ4v) is 1.45. The van der Waals surface area contributed by atoms with Crippen molar-refractivity contribution in [1.82, 2.24) is 9.78 Å². The van der Waals surface area contributed by atoms with Crippen molar-refractivity contribution in [2.24, 2.45) is 0 Å². The van der Waals surface area contributed by atoms with Crippen LogP contribution in [0.15, 0.2) is 10.7 Å². The highest BCUT2D eigenvalue weighted by molar-refractivity contribution is 9.10. The van der Waals surface area contributed by atoms with Gasteiger partial charge in [0, 0.05) is 0 Å². The second-order valence-corrected chi connectivity index (χ2v) is 4.59. The maximum Gasteiger partial charge on any atom is 0.280 e. The van der Waals surface area contributed by atoms with E-state index in [2.05, 4.69) is 21.0 Å². The molecule has 0 atom stereocenters. The summed E-state index contributed by atoms with van der Waals surface area (Å²) >= 11 is 3.08. The van der Waals surface area contributed by atoms with Gasteiger partial charge in [-0.1, -0.05) is 0 Å². The Kier molecular flexibility index (Phi) is 2.75. The summed E-state index contributed by atoms with van der Waals surface area (Å²) in [6.45, 7) is 5.50. The van der Waals surface area contributed by atoms with Gasteiger partial charge >= 0.3 is 0 Å². The Balaban J connectivity index is 3.20. The number of hydrogen-bond donors (Lipinski definition) is 0. The number of alkyl halides is 2. The minimum atomic E-state index is -2.49. The number of halogens is 3. The topological polar surface area (TPSA) is 17.8 Å². The van der Waals surface area contributed by atoms with Crippen LogP contribution < -0.4 is 0 Å². The number of nitrogens with zero attached hydrogens (tertiary/aromatic N) is 2. The van der Waals surface area contributed by atoms with Crippen molar-refractivity contribution in [3.63, 3.8) is 0 Å². The Morgan fingerprint density at radius 3 is 2.31 bits per heavy atom. The maximum absolute atomic E-state index is 12.5. The zero-order chi connectivity index (χ0) is 10.2. The molecule has 0 aromatic carbocycles. The first-order valence-corrected chi connectivity index (χ1v) is 4.66. The average molecular weight is 253 g/mol. The molecule has 0 aliphatic rings. The van der Waals surface area contributed by atoms with Gasteiger partial charge in [0.25, 0.3) is 6.43 Å². The molecule has 0 amide bonds. The summed E-state index contributed by atoms with van der Waals surface area (Å²) in [7, 11) is 0. The first kappa shape index (κ1) is 10.6. The van der Waals surface area contributed by atoms with E-state index in [0.29, 0.717) is 4.60 Å². The van der Waals surface area contributed by atoms with Gasteiger partial charge in [-0.05, 0) is 42.8 Å². The normalized spacial score (nSPS) is 12.5. The predicted octanol–water partition coefficient (Wildman–Crippen LogP) is 3.34. The second kappa shape index (κ2) is 3.36. The number of rotatable bonds is 1. The van der Waals surface area contributed by atoms with Crippen LogP contribution in [0.3, 0.4) is 0 Å². The van der Waals surface area contributed by atoms with Gasteiger partial charge in [0.1, 0.15) is 10.3 Å². The largest absolute Gasteiger partial charge is 0.280 e. The number of aromatic nitrogens is 2. The summed E-state index contributed by atoms with van der Waals surface area (Å²) in [5.41, 5.74) is -0.475. The molecule has 1 aromatic heterocycles. The molecular formula is C8H11BrF2N2. The summed E-state index contributed by atoms with van der Waals surface area (Å²) in [6.07, 6.45) is -2.49. The van der Waals surface area contributed by atoms with Crippen molar-refractivity contribution in [3.05, 3.63) is 16.4 Å². The lowest BCUT2D eigenvalue weighted by Gasteiger charge is -2.21. The molecule has 1 rings (SSSR count). The van der Waals surface area contributed by atoms with Crippen molar-refractivity contribution in [2.45, 2.75) is 32.7 Å². The van der Waals surface area contributed by atoms with E-state index in [9.17, 15) is 8.78 Å². The molecule has 0 bridgehead atoms. The maximum atomic E-state index is 12.5. The van der Waals surface area contributed by atoms with E-state index in [1.165, 1.54) is 10.7 Å². The Labute approximate surface area is 84.1 Å². The molecular weight excluding hydrogens is 242 g/mol. The molecule has 0 saturated carbocycles. The summed E-state index contributed by atoms with van der Waals surface area (Å²) in [6, 6.07) is 1.34. The van der Waals surface area contributed by atoms with Crippen LogP contribution in [-0.2, 0) is 5.54 Å². The Bertz CT molecular complexity index is 302. The minimum absolute atomic E-state index is 0.0561. The van der Waals surface area contributed by atoms with Gasteiger partial charge in [0.05, 0.1) is 5.54 Å². The summed E-state index contributed by atoms with van der Waals surface area (Å²) in [5, 5.41) is 3.96. The van der Waals surface area contributed by atoms with Crippen LogP contribution in [0.25, 0.3) is 0 Å². The standard InChI is InChI=1S/C8H11BrF2N2/c1-8(2,3)13-5(7(10)11)4-6(9)12-13/h4,7H,1-3H3. The molecule has 74 valence electrons. The zero-order valence-electron chi connectivity index (χ0n) is 7.68. The molecule has 0 radical (unpaired) electrons. The molecule has 0 aliphatic heterocycles. The Morgan fingerprint density at radius 2 is 2.00 bits per heavy atom. The van der Waals surface area contributed by atoms with E-state index in [1.807, 2.05) is 20.8 Å². The van der Waals surface area contributed by atoms with E-state index >= 15 is 0 Å². The third-order valence-corrected chi connectivity index (χ3v) is 1.95. The molecule has 0 spiro atoms. The first-order chi connectivity index (χ1) is 5.82. The Hall–Kier alpha value is -0.450. The fourth-order valence-electron chi connectivity index (χ4n) is 1.06.